The minimum absolute atomic E-state index is 0.00688. The number of esters is 1. The number of carbonyl (C=O) groups excluding carboxylic acids is 1. The molecule has 4 heterocycles. The van der Waals surface area contributed by atoms with Gasteiger partial charge in [0.15, 0.2) is 18.4 Å². The van der Waals surface area contributed by atoms with Crippen LogP contribution in [0.1, 0.15) is 107 Å². The maximum Gasteiger partial charge on any atom is 0.303 e. The van der Waals surface area contributed by atoms with Crippen LogP contribution in [0.3, 0.4) is 0 Å². The second kappa shape index (κ2) is 12.8. The van der Waals surface area contributed by atoms with Crippen molar-refractivity contribution in [2.45, 2.75) is 192 Å². The van der Waals surface area contributed by atoms with Gasteiger partial charge in [-0.2, -0.15) is 0 Å². The second-order valence-electron chi connectivity index (χ2n) is 21.2. The lowest BCUT2D eigenvalue weighted by Crippen LogP contribution is -2.62. The maximum atomic E-state index is 12.9. The van der Waals surface area contributed by atoms with E-state index in [0.717, 1.165) is 51.4 Å². The van der Waals surface area contributed by atoms with Crippen molar-refractivity contribution >= 4 is 5.97 Å². The van der Waals surface area contributed by atoms with Gasteiger partial charge in [-0.25, -0.2) is 0 Å². The number of fused-ring (bicyclic) bond motifs is 4. The van der Waals surface area contributed by atoms with Crippen molar-refractivity contribution in [3.05, 3.63) is 0 Å². The molecular formula is C42H66O14. The summed E-state index contributed by atoms with van der Waals surface area (Å²) in [4.78, 5) is 12.1. The first-order chi connectivity index (χ1) is 26.1. The van der Waals surface area contributed by atoms with Crippen molar-refractivity contribution in [2.24, 2.45) is 50.7 Å². The number of hydrogen-bond donors (Lipinski definition) is 6. The highest BCUT2D eigenvalue weighted by molar-refractivity contribution is 5.66. The van der Waals surface area contributed by atoms with Crippen molar-refractivity contribution in [1.82, 2.24) is 0 Å². The summed E-state index contributed by atoms with van der Waals surface area (Å²) in [5.74, 6) is -0.677. The van der Waals surface area contributed by atoms with Gasteiger partial charge in [0.2, 0.25) is 0 Å². The van der Waals surface area contributed by atoms with Crippen LogP contribution in [-0.2, 0) is 38.0 Å². The van der Waals surface area contributed by atoms with Crippen molar-refractivity contribution in [3.8, 4) is 0 Å². The Kier molecular flexibility index (Phi) is 9.21. The first kappa shape index (κ1) is 40.4. The van der Waals surface area contributed by atoms with Crippen LogP contribution in [-0.4, -0.2) is 135 Å². The van der Waals surface area contributed by atoms with E-state index < -0.39 is 78.2 Å². The van der Waals surface area contributed by atoms with Crippen molar-refractivity contribution in [3.63, 3.8) is 0 Å². The number of rotatable bonds is 6. The quantitative estimate of drug-likeness (QED) is 0.169. The largest absolute Gasteiger partial charge is 0.457 e. The van der Waals surface area contributed by atoms with Crippen LogP contribution in [0.4, 0.5) is 0 Å². The molecule has 0 aromatic rings. The maximum absolute atomic E-state index is 12.9. The fraction of sp³-hybridized carbons (Fsp3) is 0.976. The van der Waals surface area contributed by atoms with Gasteiger partial charge in [-0.15, -0.1) is 0 Å². The SMILES string of the molecule is CC(=O)OC(C)(C)[C@H]1O[C@@]23O[C@@H]1C[C@@H](C)[C@@H]2[C@@]1(C)CC[C@@]24C[C@@]25CC[C@H](O[C@@H]2OC[C@@H](O)[C@H](O[C@@H]6OC[C@@H](O)[C@H](O)[C@H]6O)[C@H]2O)C(C)(C)[C@@H]5CC[C@H]4[C@]1(C)[C@H]3O. The van der Waals surface area contributed by atoms with Crippen LogP contribution >= 0.6 is 0 Å². The molecule has 5 saturated carbocycles. The summed E-state index contributed by atoms with van der Waals surface area (Å²) in [6.45, 7) is 16.3. The third-order valence-corrected chi connectivity index (χ3v) is 18.0. The minimum atomic E-state index is -1.57. The number of hydrogen-bond acceptors (Lipinski definition) is 14. The van der Waals surface area contributed by atoms with Gasteiger partial charge in [-0.1, -0.05) is 34.6 Å². The van der Waals surface area contributed by atoms with E-state index >= 15 is 0 Å². The van der Waals surface area contributed by atoms with Gasteiger partial charge >= 0.3 is 5.97 Å². The van der Waals surface area contributed by atoms with E-state index in [9.17, 15) is 35.4 Å². The fourth-order valence-electron chi connectivity index (χ4n) is 15.6. The third-order valence-electron chi connectivity index (χ3n) is 18.0. The molecule has 0 radical (unpaired) electrons. The lowest BCUT2D eigenvalue weighted by Gasteiger charge is -2.63. The van der Waals surface area contributed by atoms with Gasteiger partial charge < -0.3 is 63.8 Å². The van der Waals surface area contributed by atoms with Gasteiger partial charge in [-0.05, 0) is 105 Å². The molecule has 14 nitrogen and oxygen atoms in total. The molecule has 6 N–H and O–H groups in total. The Labute approximate surface area is 329 Å². The Balaban J connectivity index is 0.940. The Bertz CT molecular complexity index is 1570. The smallest absolute Gasteiger partial charge is 0.303 e. The van der Waals surface area contributed by atoms with Crippen LogP contribution in [0.2, 0.25) is 0 Å². The topological polar surface area (TPSA) is 203 Å². The number of aliphatic hydroxyl groups excluding tert-OH is 6. The lowest BCUT2D eigenvalue weighted by molar-refractivity contribution is -0.345. The summed E-state index contributed by atoms with van der Waals surface area (Å²) in [5.41, 5.74) is -1.74. The van der Waals surface area contributed by atoms with E-state index in [4.69, 9.17) is 33.2 Å². The highest BCUT2D eigenvalue weighted by Crippen LogP contribution is 2.90. The molecular weight excluding hydrogens is 728 g/mol. The van der Waals surface area contributed by atoms with E-state index in [-0.39, 0.29) is 70.8 Å². The first-order valence-corrected chi connectivity index (χ1v) is 21.3. The molecule has 3 spiro atoms. The molecule has 9 aliphatic rings. The monoisotopic (exact) mass is 794 g/mol. The van der Waals surface area contributed by atoms with Gasteiger partial charge in [0.05, 0.1) is 25.4 Å². The third kappa shape index (κ3) is 5.08. The zero-order chi connectivity index (χ0) is 40.3. The molecule has 5 aliphatic carbocycles. The normalized spacial score (nSPS) is 58.2. The average Bonchev–Trinajstić information content (AvgIpc) is 3.63. The van der Waals surface area contributed by atoms with Gasteiger partial charge in [0.1, 0.15) is 54.4 Å². The van der Waals surface area contributed by atoms with Gasteiger partial charge in [0, 0.05) is 18.3 Å². The Hall–Kier alpha value is -1.01. The lowest BCUT2D eigenvalue weighted by atomic mass is 9.41. The van der Waals surface area contributed by atoms with E-state index in [1.54, 1.807) is 0 Å². The number of aliphatic hydroxyl groups is 6. The first-order valence-electron chi connectivity index (χ1n) is 21.3. The highest BCUT2D eigenvalue weighted by Gasteiger charge is 2.88. The molecule has 0 aromatic carbocycles. The average molecular weight is 795 g/mol. The standard InChI is InChI=1S/C42H66O14/c1-19-15-23-32(37(5,6)54-20(2)43)56-42(55-23)31(19)38(7)13-14-41-18-40(41)12-11-26(36(3,4)24(40)9-10-25(41)39(38,8)35(42)49)52-34-29(48)30(22(45)17-51-34)53-33-28(47)27(46)21(44)16-50-33/h19,21-35,44-49H,9-18H2,1-8H3/t19-,21-,22-,23-,24+,25+,26+,27+,28-,29-,30+,31-,32+,33+,34+,35-,38-,39-,40-,41+,42+/m1/s1. The number of carbonyl (C=O) groups is 1. The molecule has 2 bridgehead atoms. The Morgan fingerprint density at radius 1 is 0.768 bits per heavy atom. The molecule has 4 aliphatic heterocycles. The van der Waals surface area contributed by atoms with Crippen LogP contribution in [0.15, 0.2) is 0 Å². The summed E-state index contributed by atoms with van der Waals surface area (Å²) in [6.07, 6.45) is -4.93. The molecule has 0 amide bonds. The predicted molar refractivity (Wildman–Crippen MR) is 195 cm³/mol. The van der Waals surface area contributed by atoms with Crippen molar-refractivity contribution < 1.29 is 68.6 Å². The van der Waals surface area contributed by atoms with Crippen LogP contribution < -0.4 is 0 Å². The summed E-state index contributed by atoms with van der Waals surface area (Å²) >= 11 is 0. The molecule has 56 heavy (non-hydrogen) atoms. The van der Waals surface area contributed by atoms with E-state index in [2.05, 4.69) is 34.6 Å². The van der Waals surface area contributed by atoms with E-state index in [1.807, 2.05) is 13.8 Å². The Morgan fingerprint density at radius 3 is 2.11 bits per heavy atom. The summed E-state index contributed by atoms with van der Waals surface area (Å²) in [7, 11) is 0. The van der Waals surface area contributed by atoms with E-state index in [1.165, 1.54) is 6.92 Å². The molecule has 4 saturated heterocycles. The van der Waals surface area contributed by atoms with Crippen LogP contribution in [0, 0.1) is 50.7 Å². The molecule has 21 atom stereocenters. The number of ether oxygens (including phenoxy) is 7. The fourth-order valence-corrected chi connectivity index (χ4v) is 15.6. The zero-order valence-corrected chi connectivity index (χ0v) is 34.3. The molecule has 0 unspecified atom stereocenters. The molecule has 0 aromatic heterocycles. The minimum Gasteiger partial charge on any atom is -0.457 e. The van der Waals surface area contributed by atoms with Crippen molar-refractivity contribution in [1.29, 1.82) is 0 Å². The Morgan fingerprint density at radius 2 is 1.41 bits per heavy atom. The van der Waals surface area contributed by atoms with Gasteiger partial charge in [-0.3, -0.25) is 4.79 Å². The summed E-state index contributed by atoms with van der Waals surface area (Å²) in [5, 5.41) is 65.6. The molecule has 14 heteroatoms. The van der Waals surface area contributed by atoms with Crippen LogP contribution in [0.25, 0.3) is 0 Å². The molecule has 9 rings (SSSR count). The molecule has 9 fully saturated rings. The second-order valence-corrected chi connectivity index (χ2v) is 21.2. The highest BCUT2D eigenvalue weighted by atomic mass is 16.8. The zero-order valence-electron chi connectivity index (χ0n) is 34.3. The van der Waals surface area contributed by atoms with Crippen LogP contribution in [0.5, 0.6) is 0 Å². The van der Waals surface area contributed by atoms with Gasteiger partial charge in [0.25, 0.3) is 0 Å². The predicted octanol–water partition coefficient (Wildman–Crippen LogP) is 2.16. The van der Waals surface area contributed by atoms with E-state index in [0.29, 0.717) is 5.92 Å². The summed E-state index contributed by atoms with van der Waals surface area (Å²) < 4.78 is 43.6. The summed E-state index contributed by atoms with van der Waals surface area (Å²) in [6, 6.07) is 0. The van der Waals surface area contributed by atoms with Crippen molar-refractivity contribution in [2.75, 3.05) is 13.2 Å². The molecule has 318 valence electrons.